The highest BCUT2D eigenvalue weighted by Crippen LogP contribution is 2.22. The van der Waals surface area contributed by atoms with Crippen LogP contribution in [0.5, 0.6) is 5.75 Å². The summed E-state index contributed by atoms with van der Waals surface area (Å²) in [5.74, 6) is 6.19. The van der Waals surface area contributed by atoms with Crippen LogP contribution < -0.4 is 4.74 Å². The summed E-state index contributed by atoms with van der Waals surface area (Å²) >= 11 is 0. The summed E-state index contributed by atoms with van der Waals surface area (Å²) in [4.78, 5) is 18.0. The van der Waals surface area contributed by atoms with Gasteiger partial charge < -0.3 is 14.4 Å². The van der Waals surface area contributed by atoms with Crippen LogP contribution >= 0.6 is 0 Å². The van der Waals surface area contributed by atoms with Crippen LogP contribution in [0.15, 0.2) is 36.7 Å². The second-order valence-electron chi connectivity index (χ2n) is 8.10. The van der Waals surface area contributed by atoms with Crippen LogP contribution in [0.1, 0.15) is 43.9 Å². The van der Waals surface area contributed by atoms with E-state index in [0.29, 0.717) is 30.0 Å². The van der Waals surface area contributed by atoms with E-state index in [4.69, 9.17) is 9.47 Å². The van der Waals surface area contributed by atoms with E-state index in [1.54, 1.807) is 23.4 Å². The quantitative estimate of drug-likeness (QED) is 0.725. The van der Waals surface area contributed by atoms with E-state index >= 15 is 0 Å². The first-order chi connectivity index (χ1) is 13.7. The van der Waals surface area contributed by atoms with Crippen LogP contribution in [-0.4, -0.2) is 40.8 Å². The molecule has 2 aromatic rings. The van der Waals surface area contributed by atoms with Crippen LogP contribution in [-0.2, 0) is 4.74 Å². The Labute approximate surface area is 170 Å². The van der Waals surface area contributed by atoms with Gasteiger partial charge in [-0.2, -0.15) is 0 Å². The smallest absolute Gasteiger partial charge is 0.410 e. The molecule has 0 radical (unpaired) electrons. The number of halogens is 1. The zero-order chi connectivity index (χ0) is 21.0. The summed E-state index contributed by atoms with van der Waals surface area (Å²) in [7, 11) is 0. The van der Waals surface area contributed by atoms with Gasteiger partial charge in [-0.25, -0.2) is 9.18 Å². The number of aryl methyl sites for hydroxylation is 1. The fourth-order valence-corrected chi connectivity index (χ4v) is 2.89. The molecule has 0 aliphatic carbocycles. The predicted octanol–water partition coefficient (Wildman–Crippen LogP) is 4.32. The van der Waals surface area contributed by atoms with Gasteiger partial charge in [0.1, 0.15) is 23.8 Å². The molecule has 1 amide bonds. The Hall–Kier alpha value is -3.07. The lowest BCUT2D eigenvalue weighted by atomic mass is 10.1. The van der Waals surface area contributed by atoms with Crippen LogP contribution in [0.25, 0.3) is 0 Å². The third-order valence-corrected chi connectivity index (χ3v) is 4.32. The molecule has 29 heavy (non-hydrogen) atoms. The first-order valence-electron chi connectivity index (χ1n) is 9.56. The molecule has 0 unspecified atom stereocenters. The highest BCUT2D eigenvalue weighted by atomic mass is 19.1. The second-order valence-corrected chi connectivity index (χ2v) is 8.10. The van der Waals surface area contributed by atoms with Crippen molar-refractivity contribution in [3.8, 4) is 17.6 Å². The Morgan fingerprint density at radius 2 is 1.97 bits per heavy atom. The molecule has 1 saturated heterocycles. The Bertz CT molecular complexity index is 936. The maximum Gasteiger partial charge on any atom is 0.410 e. The number of amides is 1. The largest absolute Gasteiger partial charge is 0.490 e. The summed E-state index contributed by atoms with van der Waals surface area (Å²) in [6, 6.07) is 6.45. The number of carbonyl (C=O) groups excluding carboxylic acids is 1. The van der Waals surface area contributed by atoms with Gasteiger partial charge in [-0.3, -0.25) is 4.98 Å². The Kier molecular flexibility index (Phi) is 6.07. The highest BCUT2D eigenvalue weighted by Gasteiger charge is 2.35. The van der Waals surface area contributed by atoms with Gasteiger partial charge in [0.05, 0.1) is 12.2 Å². The molecule has 3 rings (SSSR count). The lowest BCUT2D eigenvalue weighted by Crippen LogP contribution is -2.55. The first kappa shape index (κ1) is 20.7. The zero-order valence-corrected chi connectivity index (χ0v) is 17.2. The summed E-state index contributed by atoms with van der Waals surface area (Å²) in [5, 5.41) is 0. The van der Waals surface area contributed by atoms with Crippen molar-refractivity contribution in [3.05, 3.63) is 59.2 Å². The number of nitrogens with zero attached hydrogens (tertiary/aromatic N) is 2. The van der Waals surface area contributed by atoms with Crippen LogP contribution in [0.4, 0.5) is 9.18 Å². The van der Waals surface area contributed by atoms with Gasteiger partial charge in [0.25, 0.3) is 0 Å². The van der Waals surface area contributed by atoms with Crippen LogP contribution in [0, 0.1) is 24.6 Å². The van der Waals surface area contributed by atoms with Gasteiger partial charge in [0.2, 0.25) is 0 Å². The van der Waals surface area contributed by atoms with Gasteiger partial charge in [-0.05, 0) is 63.9 Å². The highest BCUT2D eigenvalue weighted by molar-refractivity contribution is 5.69. The van der Waals surface area contributed by atoms with E-state index in [2.05, 4.69) is 16.8 Å². The predicted molar refractivity (Wildman–Crippen MR) is 108 cm³/mol. The SMILES string of the molecule is Cc1cc(F)cc(C#Cc2cncc(OC[C@@H]3CCN3C(=O)OC(C)(C)C)c2)c1. The van der Waals surface area contributed by atoms with E-state index in [1.807, 2.05) is 33.8 Å². The Morgan fingerprint density at radius 3 is 2.62 bits per heavy atom. The molecule has 5 nitrogen and oxygen atoms in total. The van der Waals surface area contributed by atoms with Gasteiger partial charge in [-0.1, -0.05) is 11.8 Å². The van der Waals surface area contributed by atoms with Gasteiger partial charge in [0, 0.05) is 23.9 Å². The third-order valence-electron chi connectivity index (χ3n) is 4.32. The number of hydrogen-bond acceptors (Lipinski definition) is 4. The van der Waals surface area contributed by atoms with Crippen molar-refractivity contribution in [3.63, 3.8) is 0 Å². The number of likely N-dealkylation sites (tertiary alicyclic amines) is 1. The van der Waals surface area contributed by atoms with E-state index in [9.17, 15) is 9.18 Å². The van der Waals surface area contributed by atoms with Crippen molar-refractivity contribution in [2.24, 2.45) is 0 Å². The number of pyridine rings is 1. The fraction of sp³-hybridized carbons (Fsp3) is 0.391. The topological polar surface area (TPSA) is 51.7 Å². The van der Waals surface area contributed by atoms with Crippen molar-refractivity contribution >= 4 is 6.09 Å². The molecule has 1 aliphatic rings. The molecule has 0 spiro atoms. The number of rotatable bonds is 3. The standard InChI is InChI=1S/C23H25FN2O3/c1-16-9-17(11-19(24)10-16)5-6-18-12-21(14-25-13-18)28-15-20-7-8-26(20)22(27)29-23(2,3)4/h9-14,20H,7-8,15H2,1-4H3/t20-/m0/s1. The average Bonchev–Trinajstić information content (AvgIpc) is 2.57. The molecule has 0 bridgehead atoms. The van der Waals surface area contributed by atoms with E-state index in [-0.39, 0.29) is 18.0 Å². The molecular formula is C23H25FN2O3. The maximum absolute atomic E-state index is 13.5. The normalized spacial score (nSPS) is 15.8. The first-order valence-corrected chi connectivity index (χ1v) is 9.56. The van der Waals surface area contributed by atoms with E-state index in [1.165, 1.54) is 12.1 Å². The van der Waals surface area contributed by atoms with Gasteiger partial charge >= 0.3 is 6.09 Å². The molecule has 152 valence electrons. The summed E-state index contributed by atoms with van der Waals surface area (Å²) < 4.78 is 24.7. The number of hydrogen-bond donors (Lipinski definition) is 0. The summed E-state index contributed by atoms with van der Waals surface area (Å²) in [6.45, 7) is 8.39. The zero-order valence-electron chi connectivity index (χ0n) is 17.2. The molecular weight excluding hydrogens is 371 g/mol. The minimum absolute atomic E-state index is 0.0186. The summed E-state index contributed by atoms with van der Waals surface area (Å²) in [6.07, 6.45) is 3.78. The molecule has 1 aromatic carbocycles. The molecule has 0 N–H and O–H groups in total. The van der Waals surface area contributed by atoms with Crippen molar-refractivity contribution in [2.45, 2.75) is 45.8 Å². The Balaban J connectivity index is 1.60. The molecule has 2 heterocycles. The fourth-order valence-electron chi connectivity index (χ4n) is 2.89. The third kappa shape index (κ3) is 5.95. The van der Waals surface area contributed by atoms with Crippen molar-refractivity contribution < 1.29 is 18.7 Å². The lowest BCUT2D eigenvalue weighted by Gasteiger charge is -2.40. The lowest BCUT2D eigenvalue weighted by molar-refractivity contribution is -0.0141. The van der Waals surface area contributed by atoms with E-state index in [0.717, 1.165) is 12.0 Å². The monoisotopic (exact) mass is 396 g/mol. The van der Waals surface area contributed by atoms with Crippen LogP contribution in [0.3, 0.4) is 0 Å². The summed E-state index contributed by atoms with van der Waals surface area (Å²) in [5.41, 5.74) is 1.58. The van der Waals surface area contributed by atoms with Gasteiger partial charge in [-0.15, -0.1) is 0 Å². The van der Waals surface area contributed by atoms with Crippen molar-refractivity contribution in [2.75, 3.05) is 13.2 Å². The number of ether oxygens (including phenoxy) is 2. The molecule has 6 heteroatoms. The average molecular weight is 396 g/mol. The number of aromatic nitrogens is 1. The van der Waals surface area contributed by atoms with Crippen LogP contribution in [0.2, 0.25) is 0 Å². The minimum atomic E-state index is -0.519. The van der Waals surface area contributed by atoms with Crippen molar-refractivity contribution in [1.29, 1.82) is 0 Å². The maximum atomic E-state index is 13.5. The molecule has 1 aromatic heterocycles. The van der Waals surface area contributed by atoms with E-state index < -0.39 is 5.60 Å². The number of benzene rings is 1. The second kappa shape index (κ2) is 8.52. The molecule has 0 saturated carbocycles. The molecule has 1 atom stereocenters. The number of carbonyl (C=O) groups is 1. The molecule has 1 fully saturated rings. The van der Waals surface area contributed by atoms with Crippen molar-refractivity contribution in [1.82, 2.24) is 9.88 Å². The minimum Gasteiger partial charge on any atom is -0.490 e. The molecule has 1 aliphatic heterocycles. The Morgan fingerprint density at radius 1 is 1.21 bits per heavy atom. The van der Waals surface area contributed by atoms with Gasteiger partial charge in [0.15, 0.2) is 0 Å².